The standard InChI is InChI=1S/C91H151N21O25/c1-27-49(7)65(74(127)98-56(38-41-63(118)137-26)69(122)97-55(36-39-61(92)116)68(121)96-54(45-113)44-53-33-30-29-31-34-53)103-78(131)85(13,14)108-75(128)64(48(5)6)102-73(126)60-35-32-42-112(60)83(136)90(23,24)107-72(125)58(43-47(3)4)99-70(123)59(46-114)101-77(130)86(15,16)109-80(133)89(21,22)110-79(132)87(17,18)106-71(124)57(37-40-62(93)117)100-82(135)91(25,28-2)111-81(134)88(19,20)105-67(120)51(9)94-66(119)50(8)95-76(129)84(11,12)104-52(10)115/h29-31,33-34,47-51,54-60,64-65,113-114H,27-28,32,35-46H2,1-26H3,(H2,92,116)(H2,93,117)(H,94,119)(H,95,129)(H,96,121)(H,97,122)(H,98,127)(H,99,123)(H,100,135)(H,101,130)(H,102,126)(H,103,131)(H,104,115)(H,105,120)(H,106,124)(H,107,125)(H,108,128)(H,109,133)(H,110,132)(H,111,134). The summed E-state index contributed by atoms with van der Waals surface area (Å²) >= 11 is 0. The van der Waals surface area contributed by atoms with Gasteiger partial charge >= 0.3 is 5.97 Å². The highest BCUT2D eigenvalue weighted by molar-refractivity contribution is 6.05. The summed E-state index contributed by atoms with van der Waals surface area (Å²) in [7, 11) is 1.11. The number of esters is 1. The maximum Gasteiger partial charge on any atom is 0.305 e. The van der Waals surface area contributed by atoms with Crippen molar-refractivity contribution >= 4 is 130 Å². The van der Waals surface area contributed by atoms with Gasteiger partial charge in [-0.3, -0.25) is 105 Å². The Morgan fingerprint density at radius 2 is 0.832 bits per heavy atom. The zero-order valence-electron chi connectivity index (χ0n) is 84.0. The molecule has 0 spiro atoms. The number of nitrogens with one attached hydrogen (secondary N) is 18. The summed E-state index contributed by atoms with van der Waals surface area (Å²) < 4.78 is 4.79. The number of nitrogens with two attached hydrogens (primary N) is 2. The maximum atomic E-state index is 14.7. The number of ether oxygens (including phenoxy) is 1. The Labute approximate surface area is 800 Å². The number of carbonyl (C=O) groups excluding carboxylic acids is 22. The minimum atomic E-state index is -1.96. The van der Waals surface area contributed by atoms with Gasteiger partial charge in [-0.25, -0.2) is 0 Å². The van der Waals surface area contributed by atoms with Crippen LogP contribution in [0.4, 0.5) is 0 Å². The molecule has 21 amide bonds. The van der Waals surface area contributed by atoms with E-state index < -0.39 is 285 Å². The molecule has 1 aromatic rings. The van der Waals surface area contributed by atoms with Crippen LogP contribution in [0.1, 0.15) is 249 Å². The van der Waals surface area contributed by atoms with Gasteiger partial charge in [0.2, 0.25) is 124 Å². The molecule has 24 N–H and O–H groups in total. The van der Waals surface area contributed by atoms with Gasteiger partial charge < -0.3 is 127 Å². The molecule has 1 fully saturated rings. The van der Waals surface area contributed by atoms with Crippen LogP contribution >= 0.6 is 0 Å². The van der Waals surface area contributed by atoms with Crippen LogP contribution in [-0.2, 0) is 117 Å². The Morgan fingerprint density at radius 3 is 1.32 bits per heavy atom. The van der Waals surface area contributed by atoms with Crippen molar-refractivity contribution in [3.8, 4) is 0 Å². The number of nitrogens with zero attached hydrogens (tertiary/aromatic N) is 1. The number of methoxy groups -OCH3 is 1. The van der Waals surface area contributed by atoms with Crippen molar-refractivity contribution < 1.29 is 120 Å². The van der Waals surface area contributed by atoms with E-state index in [9.17, 15) is 116 Å². The molecule has 770 valence electrons. The Bertz CT molecular complexity index is 4530. The molecule has 13 unspecified atom stereocenters. The molecule has 137 heavy (non-hydrogen) atoms. The molecule has 1 heterocycles. The first kappa shape index (κ1) is 121. The smallest absolute Gasteiger partial charge is 0.305 e. The highest BCUT2D eigenvalue weighted by Gasteiger charge is 2.49. The summed E-state index contributed by atoms with van der Waals surface area (Å²) in [5.41, 5.74) is -2.89. The number of carbonyl (C=O) groups is 22. The second kappa shape index (κ2) is 52.1. The van der Waals surface area contributed by atoms with Crippen molar-refractivity contribution in [2.75, 3.05) is 26.9 Å². The quantitative estimate of drug-likeness (QED) is 0.0276. The number of hydrogen-bond donors (Lipinski definition) is 22. The Hall–Kier alpha value is -12.5. The number of aliphatic hydroxyl groups excluding tert-OH is 2. The van der Waals surface area contributed by atoms with Gasteiger partial charge in [0.25, 0.3) is 0 Å². The van der Waals surface area contributed by atoms with Crippen molar-refractivity contribution in [1.29, 1.82) is 0 Å². The van der Waals surface area contributed by atoms with Crippen LogP contribution in [0.15, 0.2) is 30.3 Å². The number of primary amides is 2. The molecule has 46 heteroatoms. The van der Waals surface area contributed by atoms with Gasteiger partial charge in [0, 0.05) is 32.7 Å². The number of amides is 21. The molecule has 1 aromatic carbocycles. The first-order valence-corrected chi connectivity index (χ1v) is 45.8. The fourth-order valence-corrected chi connectivity index (χ4v) is 13.8. The third kappa shape index (κ3) is 37.8. The van der Waals surface area contributed by atoms with Crippen molar-refractivity contribution in [2.24, 2.45) is 29.2 Å². The molecule has 1 aliphatic heterocycles. The SMILES string of the molecule is CCC(C)C(NC(=O)C(C)(C)NC(=O)C(NC(=O)C1CCCN1C(=O)C(C)(C)NC(=O)C(CC(C)C)NC(=O)C(CO)NC(=O)C(C)(C)NC(=O)C(C)(C)NC(=O)C(C)(C)NC(=O)C(CCC(N)=O)NC(=O)C(C)(CC)NC(=O)C(C)(C)NC(=O)C(C)NC(=O)C(C)NC(=O)C(C)(C)NC(C)=O)C(C)C)C(=O)NC(CCC(=O)OC)C(=O)NC(CCC(N)=O)C(=O)NC(CO)Cc1ccccc1. The topological polar surface area (TPSA) is 697 Å². The number of aliphatic hydroxyl groups is 2. The molecule has 0 radical (unpaired) electrons. The molecular formula is C91H151N21O25. The van der Waals surface area contributed by atoms with Crippen molar-refractivity contribution in [2.45, 2.75) is 361 Å². The summed E-state index contributed by atoms with van der Waals surface area (Å²) in [5, 5.41) is 66.5. The Kier molecular flexibility index (Phi) is 45.9. The minimum absolute atomic E-state index is 0.00297. The Balaban J connectivity index is 2.27. The van der Waals surface area contributed by atoms with Gasteiger partial charge in [0.05, 0.1) is 26.4 Å². The fraction of sp³-hybridized carbons (Fsp3) is 0.692. The van der Waals surface area contributed by atoms with E-state index in [-0.39, 0.29) is 70.3 Å². The number of hydrogen-bond acceptors (Lipinski definition) is 25. The zero-order valence-corrected chi connectivity index (χ0v) is 84.0. The number of benzene rings is 1. The molecule has 13 atom stereocenters. The lowest BCUT2D eigenvalue weighted by molar-refractivity contribution is -0.146. The lowest BCUT2D eigenvalue weighted by Crippen LogP contribution is -2.68. The van der Waals surface area contributed by atoms with Crippen LogP contribution in [0.25, 0.3) is 0 Å². The lowest BCUT2D eigenvalue weighted by Gasteiger charge is -2.36. The highest BCUT2D eigenvalue weighted by Crippen LogP contribution is 2.25. The molecule has 2 rings (SSSR count). The van der Waals surface area contributed by atoms with Crippen LogP contribution in [0.5, 0.6) is 0 Å². The van der Waals surface area contributed by atoms with E-state index in [1.807, 2.05) is 0 Å². The van der Waals surface area contributed by atoms with Crippen LogP contribution in [0.3, 0.4) is 0 Å². The average Bonchev–Trinajstić information content (AvgIpc) is 1.77. The van der Waals surface area contributed by atoms with E-state index >= 15 is 0 Å². The van der Waals surface area contributed by atoms with Crippen molar-refractivity contribution in [1.82, 2.24) is 101 Å². The predicted molar refractivity (Wildman–Crippen MR) is 500 cm³/mol. The molecule has 46 nitrogen and oxygen atoms in total. The second-order valence-electron chi connectivity index (χ2n) is 39.5. The minimum Gasteiger partial charge on any atom is -0.469 e. The fourth-order valence-electron chi connectivity index (χ4n) is 13.8. The van der Waals surface area contributed by atoms with Crippen LogP contribution in [0.2, 0.25) is 0 Å². The van der Waals surface area contributed by atoms with E-state index in [2.05, 4.69) is 95.7 Å². The average molecular weight is 1940 g/mol. The first-order valence-electron chi connectivity index (χ1n) is 45.8. The van der Waals surface area contributed by atoms with Crippen LogP contribution < -0.4 is 107 Å². The zero-order chi connectivity index (χ0) is 106. The van der Waals surface area contributed by atoms with Crippen LogP contribution in [-0.4, -0.2) is 283 Å². The number of likely N-dealkylation sites (tertiary alicyclic amines) is 1. The van der Waals surface area contributed by atoms with Gasteiger partial charge in [-0.2, -0.15) is 0 Å². The van der Waals surface area contributed by atoms with Gasteiger partial charge in [0.15, 0.2) is 0 Å². The molecule has 0 aliphatic carbocycles. The predicted octanol–water partition coefficient (Wildman–Crippen LogP) is -4.11. The van der Waals surface area contributed by atoms with E-state index in [0.717, 1.165) is 12.7 Å². The van der Waals surface area contributed by atoms with Gasteiger partial charge in [-0.05, 0) is 192 Å². The molecular weight excluding hydrogens is 1790 g/mol. The lowest BCUT2D eigenvalue weighted by atomic mass is 9.93. The first-order chi connectivity index (χ1) is 62.9. The van der Waals surface area contributed by atoms with E-state index in [1.165, 1.54) is 136 Å². The summed E-state index contributed by atoms with van der Waals surface area (Å²) in [5.74, 6) is -21.0. The second-order valence-corrected chi connectivity index (χ2v) is 39.5. The summed E-state index contributed by atoms with van der Waals surface area (Å²) in [6, 6.07) is -6.32. The molecule has 0 saturated carbocycles. The third-order valence-corrected chi connectivity index (χ3v) is 23.1. The van der Waals surface area contributed by atoms with Crippen molar-refractivity contribution in [3.05, 3.63) is 35.9 Å². The van der Waals surface area contributed by atoms with Crippen molar-refractivity contribution in [3.63, 3.8) is 0 Å². The number of rotatable bonds is 55. The van der Waals surface area contributed by atoms with E-state index in [0.29, 0.717) is 0 Å². The van der Waals surface area contributed by atoms with Gasteiger partial charge in [-0.15, -0.1) is 0 Å². The Morgan fingerprint density at radius 1 is 0.416 bits per heavy atom. The molecule has 1 saturated heterocycles. The van der Waals surface area contributed by atoms with Gasteiger partial charge in [-0.1, -0.05) is 85.2 Å². The molecule has 0 aromatic heterocycles. The van der Waals surface area contributed by atoms with Gasteiger partial charge in [0.1, 0.15) is 105 Å². The monoisotopic (exact) mass is 1940 g/mol. The molecule has 1 aliphatic rings. The largest absolute Gasteiger partial charge is 0.469 e. The van der Waals surface area contributed by atoms with E-state index in [1.54, 1.807) is 71.9 Å². The third-order valence-electron chi connectivity index (χ3n) is 23.1. The summed E-state index contributed by atoms with van der Waals surface area (Å²) in [6.07, 6.45) is -1.75. The van der Waals surface area contributed by atoms with Crippen LogP contribution in [0, 0.1) is 17.8 Å². The molecule has 0 bridgehead atoms. The normalized spacial score (nSPS) is 15.9. The van der Waals surface area contributed by atoms with E-state index in [4.69, 9.17) is 16.2 Å². The maximum absolute atomic E-state index is 14.7. The summed E-state index contributed by atoms with van der Waals surface area (Å²) in [4.78, 5) is 302. The highest BCUT2D eigenvalue weighted by atomic mass is 16.5. The summed E-state index contributed by atoms with van der Waals surface area (Å²) in [6.45, 7) is 33.3.